The van der Waals surface area contributed by atoms with Gasteiger partial charge in [0.2, 0.25) is 0 Å². The lowest BCUT2D eigenvalue weighted by atomic mass is 10.0. The van der Waals surface area contributed by atoms with E-state index >= 15 is 0 Å². The van der Waals surface area contributed by atoms with Gasteiger partial charge in [-0.3, -0.25) is 4.57 Å². The van der Waals surface area contributed by atoms with Crippen LogP contribution in [-0.4, -0.2) is 10.2 Å². The van der Waals surface area contributed by atoms with Crippen molar-refractivity contribution in [3.63, 3.8) is 0 Å². The van der Waals surface area contributed by atoms with Crippen LogP contribution >= 0.6 is 7.37 Å². The summed E-state index contributed by atoms with van der Waals surface area (Å²) in [7, 11) is -3.54. The Morgan fingerprint density at radius 2 is 1.58 bits per heavy atom. The first kappa shape index (κ1) is 14.9. The summed E-state index contributed by atoms with van der Waals surface area (Å²) in [6, 6.07) is 17.4. The van der Waals surface area contributed by atoms with Crippen molar-refractivity contribution in [3.8, 4) is 28.4 Å². The fraction of sp³-hybridized carbons (Fsp3) is 0.0526. The molecule has 0 saturated carbocycles. The molecule has 4 rings (SSSR count). The van der Waals surface area contributed by atoms with Gasteiger partial charge in [-0.05, 0) is 36.2 Å². The van der Waals surface area contributed by atoms with E-state index in [1.54, 1.807) is 25.1 Å². The summed E-state index contributed by atoms with van der Waals surface area (Å²) >= 11 is 0. The quantitative estimate of drug-likeness (QED) is 0.664. The van der Waals surface area contributed by atoms with Crippen LogP contribution < -0.4 is 15.1 Å². The maximum Gasteiger partial charge on any atom is 0.311 e. The molecule has 1 atom stereocenters. The van der Waals surface area contributed by atoms with Crippen LogP contribution in [0.4, 0.5) is 0 Å². The van der Waals surface area contributed by atoms with Crippen molar-refractivity contribution < 1.29 is 19.3 Å². The zero-order valence-electron chi connectivity index (χ0n) is 12.9. The lowest BCUT2D eigenvalue weighted by molar-refractivity contribution is 0.450. The third kappa shape index (κ3) is 2.04. The van der Waals surface area contributed by atoms with Crippen molar-refractivity contribution in [2.24, 2.45) is 0 Å². The van der Waals surface area contributed by atoms with Crippen LogP contribution in [0.25, 0.3) is 11.1 Å². The van der Waals surface area contributed by atoms with Crippen molar-refractivity contribution in [2.75, 3.05) is 0 Å². The van der Waals surface area contributed by atoms with Gasteiger partial charge in [0.25, 0.3) is 0 Å². The summed E-state index contributed by atoms with van der Waals surface area (Å²) < 4.78 is 19.9. The second-order valence-electron chi connectivity index (χ2n) is 5.79. The van der Waals surface area contributed by atoms with Gasteiger partial charge in [-0.2, -0.15) is 0 Å². The highest BCUT2D eigenvalue weighted by atomic mass is 31.2. The molecule has 0 bridgehead atoms. The predicted molar refractivity (Wildman–Crippen MR) is 93.9 cm³/mol. The van der Waals surface area contributed by atoms with E-state index in [2.05, 4.69) is 0 Å². The molecular weight excluding hydrogens is 323 g/mol. The molecule has 0 saturated heterocycles. The molecule has 3 aromatic rings. The average Bonchev–Trinajstić information content (AvgIpc) is 2.54. The van der Waals surface area contributed by atoms with Crippen molar-refractivity contribution in [1.82, 2.24) is 0 Å². The highest BCUT2D eigenvalue weighted by molar-refractivity contribution is 7.75. The Morgan fingerprint density at radius 1 is 0.917 bits per heavy atom. The smallest absolute Gasteiger partial charge is 0.311 e. The SMILES string of the molecule is Cc1cc(O)cc(O)c1P1(=O)Oc2ccccc2-c2ccccc21. The molecule has 4 nitrogen and oxygen atoms in total. The number of phenolic OH excluding ortho intramolecular Hbond substituents is 2. The molecule has 0 amide bonds. The van der Waals surface area contributed by atoms with Gasteiger partial charge in [0.05, 0.1) is 10.6 Å². The third-order valence-electron chi connectivity index (χ3n) is 4.18. The number of aryl methyl sites for hydroxylation is 1. The molecule has 2 N–H and O–H groups in total. The number of hydrogen-bond acceptors (Lipinski definition) is 4. The topological polar surface area (TPSA) is 66.8 Å². The molecule has 1 unspecified atom stereocenters. The minimum atomic E-state index is -3.54. The number of fused-ring (bicyclic) bond motifs is 3. The molecule has 1 aliphatic rings. The second-order valence-corrected chi connectivity index (χ2v) is 8.00. The van der Waals surface area contributed by atoms with Crippen molar-refractivity contribution in [3.05, 3.63) is 66.2 Å². The van der Waals surface area contributed by atoms with Crippen LogP contribution in [0.15, 0.2) is 60.7 Å². The van der Waals surface area contributed by atoms with Crippen molar-refractivity contribution in [2.45, 2.75) is 6.92 Å². The molecule has 0 aromatic heterocycles. The fourth-order valence-corrected chi connectivity index (χ4v) is 5.76. The summed E-state index contributed by atoms with van der Waals surface area (Å²) in [5.41, 5.74) is 2.22. The maximum atomic E-state index is 13.9. The first-order valence-corrected chi connectivity index (χ1v) is 9.15. The Labute approximate surface area is 139 Å². The minimum Gasteiger partial charge on any atom is -0.508 e. The Balaban J connectivity index is 2.06. The van der Waals surface area contributed by atoms with Gasteiger partial charge in [0.15, 0.2) is 0 Å². The average molecular weight is 338 g/mol. The summed E-state index contributed by atoms with van der Waals surface area (Å²) in [5, 5.41) is 20.8. The van der Waals surface area contributed by atoms with Gasteiger partial charge >= 0.3 is 7.37 Å². The molecule has 120 valence electrons. The molecule has 1 aliphatic heterocycles. The standard InChI is InChI=1S/C19H15O4P/c1-12-10-13(20)11-16(21)19(12)24(22)18-9-5-3-7-15(18)14-6-2-4-8-17(14)23-24/h2-11,20-21H,1H3. The van der Waals surface area contributed by atoms with Crippen LogP contribution in [0.5, 0.6) is 17.2 Å². The zero-order chi connectivity index (χ0) is 16.9. The first-order chi connectivity index (χ1) is 11.5. The molecule has 0 radical (unpaired) electrons. The fourth-order valence-electron chi connectivity index (χ4n) is 3.21. The zero-order valence-corrected chi connectivity index (χ0v) is 13.8. The molecule has 5 heteroatoms. The van der Waals surface area contributed by atoms with Gasteiger partial charge in [0, 0.05) is 11.6 Å². The number of hydrogen-bond donors (Lipinski definition) is 2. The van der Waals surface area contributed by atoms with Crippen LogP contribution in [0.2, 0.25) is 0 Å². The predicted octanol–water partition coefficient (Wildman–Crippen LogP) is 3.69. The third-order valence-corrected chi connectivity index (χ3v) is 6.83. The maximum absolute atomic E-state index is 13.9. The first-order valence-electron chi connectivity index (χ1n) is 7.52. The number of para-hydroxylation sites is 1. The van der Waals surface area contributed by atoms with Crippen molar-refractivity contribution >= 4 is 18.0 Å². The Bertz CT molecular complexity index is 987. The summed E-state index contributed by atoms with van der Waals surface area (Å²) in [6.45, 7) is 1.70. The summed E-state index contributed by atoms with van der Waals surface area (Å²) in [6.07, 6.45) is 0. The van der Waals surface area contributed by atoms with Gasteiger partial charge in [-0.25, -0.2) is 0 Å². The van der Waals surface area contributed by atoms with E-state index in [1.165, 1.54) is 12.1 Å². The van der Waals surface area contributed by atoms with Gasteiger partial charge < -0.3 is 14.7 Å². The Hall–Kier alpha value is -2.71. The van der Waals surface area contributed by atoms with E-state index in [-0.39, 0.29) is 16.8 Å². The van der Waals surface area contributed by atoms with E-state index < -0.39 is 7.37 Å². The van der Waals surface area contributed by atoms with E-state index in [0.717, 1.165) is 11.1 Å². The van der Waals surface area contributed by atoms with Crippen LogP contribution in [0, 0.1) is 6.92 Å². The highest BCUT2D eigenvalue weighted by Crippen LogP contribution is 2.55. The second kappa shape index (κ2) is 5.15. The normalized spacial score (nSPS) is 18.4. The Morgan fingerprint density at radius 3 is 2.33 bits per heavy atom. The number of aromatic hydroxyl groups is 2. The highest BCUT2D eigenvalue weighted by Gasteiger charge is 2.40. The lowest BCUT2D eigenvalue weighted by Crippen LogP contribution is -2.26. The Kier molecular flexibility index (Phi) is 3.19. The summed E-state index contributed by atoms with van der Waals surface area (Å²) in [5.74, 6) is 0.211. The van der Waals surface area contributed by atoms with E-state index in [1.807, 2.05) is 30.3 Å². The van der Waals surface area contributed by atoms with Crippen LogP contribution in [-0.2, 0) is 4.57 Å². The monoisotopic (exact) mass is 338 g/mol. The lowest BCUT2D eigenvalue weighted by Gasteiger charge is -2.30. The van der Waals surface area contributed by atoms with E-state index in [0.29, 0.717) is 16.6 Å². The van der Waals surface area contributed by atoms with Gasteiger partial charge in [-0.1, -0.05) is 36.4 Å². The van der Waals surface area contributed by atoms with Gasteiger partial charge in [0.1, 0.15) is 17.2 Å². The molecule has 24 heavy (non-hydrogen) atoms. The largest absolute Gasteiger partial charge is 0.508 e. The van der Waals surface area contributed by atoms with Crippen LogP contribution in [0.3, 0.4) is 0 Å². The molecular formula is C19H15O4P. The number of benzene rings is 3. The molecule has 1 heterocycles. The number of rotatable bonds is 1. The minimum absolute atomic E-state index is 0.0777. The molecule has 0 spiro atoms. The van der Waals surface area contributed by atoms with Crippen molar-refractivity contribution in [1.29, 1.82) is 0 Å². The molecule has 0 fully saturated rings. The summed E-state index contributed by atoms with van der Waals surface area (Å²) in [4.78, 5) is 0. The van der Waals surface area contributed by atoms with E-state index in [9.17, 15) is 14.8 Å². The van der Waals surface area contributed by atoms with E-state index in [4.69, 9.17) is 4.52 Å². The van der Waals surface area contributed by atoms with Gasteiger partial charge in [-0.15, -0.1) is 0 Å². The molecule has 3 aromatic carbocycles. The molecule has 0 aliphatic carbocycles. The number of phenols is 2. The van der Waals surface area contributed by atoms with Crippen LogP contribution in [0.1, 0.15) is 5.56 Å².